The fraction of sp³-hybridized carbons (Fsp3) is 0.0769. The summed E-state index contributed by atoms with van der Waals surface area (Å²) in [6.45, 7) is 0.446. The van der Waals surface area contributed by atoms with Crippen LogP contribution in [-0.2, 0) is 6.54 Å². The van der Waals surface area contributed by atoms with Gasteiger partial charge in [-0.05, 0) is 18.2 Å². The third-order valence-electron chi connectivity index (χ3n) is 2.89. The zero-order valence-corrected chi connectivity index (χ0v) is 10.3. The number of non-ortho nitro benzene ring substituents is 1. The predicted octanol–water partition coefficient (Wildman–Crippen LogP) is 2.74. The molecule has 0 radical (unpaired) electrons. The van der Waals surface area contributed by atoms with E-state index in [-0.39, 0.29) is 5.69 Å². The molecule has 7 heteroatoms. The SMILES string of the molecule is O=[N+]([O-])c1ccc(NCc2ccno2)c2cccnc12. The Morgan fingerprint density at radius 1 is 1.25 bits per heavy atom. The maximum Gasteiger partial charge on any atom is 0.295 e. The Morgan fingerprint density at radius 2 is 2.15 bits per heavy atom. The molecule has 0 unspecified atom stereocenters. The second kappa shape index (κ2) is 4.96. The van der Waals surface area contributed by atoms with Gasteiger partial charge < -0.3 is 9.84 Å². The molecule has 0 saturated carbocycles. The van der Waals surface area contributed by atoms with Crippen molar-refractivity contribution in [2.45, 2.75) is 6.54 Å². The van der Waals surface area contributed by atoms with Crippen LogP contribution in [0.2, 0.25) is 0 Å². The van der Waals surface area contributed by atoms with E-state index in [4.69, 9.17) is 4.52 Å². The molecule has 2 heterocycles. The first-order valence-corrected chi connectivity index (χ1v) is 5.91. The van der Waals surface area contributed by atoms with Crippen molar-refractivity contribution in [3.05, 3.63) is 58.6 Å². The average molecular weight is 270 g/mol. The van der Waals surface area contributed by atoms with Gasteiger partial charge in [-0.15, -0.1) is 0 Å². The monoisotopic (exact) mass is 270 g/mol. The van der Waals surface area contributed by atoms with Crippen molar-refractivity contribution < 1.29 is 9.45 Å². The molecule has 0 bridgehead atoms. The van der Waals surface area contributed by atoms with E-state index in [2.05, 4.69) is 15.5 Å². The number of benzene rings is 1. The minimum Gasteiger partial charge on any atom is -0.377 e. The van der Waals surface area contributed by atoms with Gasteiger partial charge in [0.05, 0.1) is 17.7 Å². The van der Waals surface area contributed by atoms with Crippen LogP contribution in [-0.4, -0.2) is 15.1 Å². The van der Waals surface area contributed by atoms with Crippen molar-refractivity contribution in [2.75, 3.05) is 5.32 Å². The van der Waals surface area contributed by atoms with Gasteiger partial charge in [0, 0.05) is 29.4 Å². The first-order valence-electron chi connectivity index (χ1n) is 5.91. The van der Waals surface area contributed by atoms with E-state index < -0.39 is 4.92 Å². The summed E-state index contributed by atoms with van der Waals surface area (Å²) in [6, 6.07) is 8.39. The van der Waals surface area contributed by atoms with Crippen molar-refractivity contribution in [3.63, 3.8) is 0 Å². The number of fused-ring (bicyclic) bond motifs is 1. The Balaban J connectivity index is 1.99. The Bertz CT molecular complexity index is 755. The van der Waals surface area contributed by atoms with Crippen LogP contribution < -0.4 is 5.32 Å². The number of anilines is 1. The van der Waals surface area contributed by atoms with Crippen LogP contribution in [0.25, 0.3) is 10.9 Å². The number of pyridine rings is 1. The molecule has 1 aromatic carbocycles. The molecule has 100 valence electrons. The molecular weight excluding hydrogens is 260 g/mol. The van der Waals surface area contributed by atoms with Gasteiger partial charge in [0.25, 0.3) is 5.69 Å². The topological polar surface area (TPSA) is 94.1 Å². The summed E-state index contributed by atoms with van der Waals surface area (Å²) in [5.74, 6) is 0.681. The van der Waals surface area contributed by atoms with Crippen molar-refractivity contribution in [1.29, 1.82) is 0 Å². The maximum atomic E-state index is 11.0. The number of hydrogen-bond acceptors (Lipinski definition) is 6. The van der Waals surface area contributed by atoms with Crippen LogP contribution in [0.3, 0.4) is 0 Å². The standard InChI is InChI=1S/C13H10N4O3/c18-17(19)12-4-3-11(10-2-1-6-14-13(10)12)15-8-9-5-7-16-20-9/h1-7,15H,8H2. The lowest BCUT2D eigenvalue weighted by molar-refractivity contribution is -0.383. The fourth-order valence-electron chi connectivity index (χ4n) is 1.97. The van der Waals surface area contributed by atoms with Gasteiger partial charge in [-0.25, -0.2) is 4.98 Å². The summed E-state index contributed by atoms with van der Waals surface area (Å²) in [5, 5.41) is 18.5. The Hall–Kier alpha value is -2.96. The number of rotatable bonds is 4. The first-order chi connectivity index (χ1) is 9.75. The van der Waals surface area contributed by atoms with E-state index in [1.54, 1.807) is 30.5 Å². The van der Waals surface area contributed by atoms with Crippen LogP contribution in [0.15, 0.2) is 47.2 Å². The molecule has 0 amide bonds. The molecule has 7 nitrogen and oxygen atoms in total. The van der Waals surface area contributed by atoms with E-state index >= 15 is 0 Å². The van der Waals surface area contributed by atoms with Gasteiger partial charge in [0.2, 0.25) is 0 Å². The molecule has 0 aliphatic rings. The van der Waals surface area contributed by atoms with Gasteiger partial charge in [-0.1, -0.05) is 5.16 Å². The zero-order chi connectivity index (χ0) is 13.9. The molecule has 2 aromatic heterocycles. The summed E-state index contributed by atoms with van der Waals surface area (Å²) in [7, 11) is 0. The molecule has 3 rings (SSSR count). The largest absolute Gasteiger partial charge is 0.377 e. The Labute approximate surface area is 113 Å². The lowest BCUT2D eigenvalue weighted by atomic mass is 10.1. The van der Waals surface area contributed by atoms with Crippen LogP contribution >= 0.6 is 0 Å². The molecular formula is C13H10N4O3. The Morgan fingerprint density at radius 3 is 2.90 bits per heavy atom. The lowest BCUT2D eigenvalue weighted by Gasteiger charge is -2.08. The molecule has 0 aliphatic carbocycles. The summed E-state index contributed by atoms with van der Waals surface area (Å²) in [4.78, 5) is 14.6. The highest BCUT2D eigenvalue weighted by Gasteiger charge is 2.15. The normalized spacial score (nSPS) is 10.6. The number of nitrogens with zero attached hydrogens (tertiary/aromatic N) is 3. The molecule has 0 aliphatic heterocycles. The van der Waals surface area contributed by atoms with Crippen molar-refractivity contribution in [2.24, 2.45) is 0 Å². The quantitative estimate of drug-likeness (QED) is 0.578. The molecule has 0 saturated heterocycles. The first kappa shape index (κ1) is 12.1. The Kier molecular flexibility index (Phi) is 3.00. The highest BCUT2D eigenvalue weighted by atomic mass is 16.6. The zero-order valence-electron chi connectivity index (χ0n) is 10.3. The summed E-state index contributed by atoms with van der Waals surface area (Å²) < 4.78 is 4.99. The van der Waals surface area contributed by atoms with E-state index in [1.165, 1.54) is 12.3 Å². The molecule has 3 aromatic rings. The van der Waals surface area contributed by atoms with Crippen LogP contribution in [0.4, 0.5) is 11.4 Å². The van der Waals surface area contributed by atoms with Gasteiger partial charge in [-0.2, -0.15) is 0 Å². The second-order valence-corrected chi connectivity index (χ2v) is 4.12. The molecule has 0 fully saturated rings. The number of nitro groups is 1. The smallest absolute Gasteiger partial charge is 0.295 e. The van der Waals surface area contributed by atoms with Gasteiger partial charge >= 0.3 is 0 Å². The molecule has 1 N–H and O–H groups in total. The maximum absolute atomic E-state index is 11.0. The highest BCUT2D eigenvalue weighted by molar-refractivity contribution is 5.96. The number of hydrogen-bond donors (Lipinski definition) is 1. The van der Waals surface area contributed by atoms with E-state index in [1.807, 2.05) is 0 Å². The van der Waals surface area contributed by atoms with Crippen molar-refractivity contribution in [1.82, 2.24) is 10.1 Å². The van der Waals surface area contributed by atoms with Gasteiger partial charge in [-0.3, -0.25) is 10.1 Å². The lowest BCUT2D eigenvalue weighted by Crippen LogP contribution is -2.00. The molecule has 0 atom stereocenters. The summed E-state index contributed by atoms with van der Waals surface area (Å²) in [6.07, 6.45) is 3.10. The molecule has 20 heavy (non-hydrogen) atoms. The van der Waals surface area contributed by atoms with E-state index in [9.17, 15) is 10.1 Å². The predicted molar refractivity (Wildman–Crippen MR) is 72.2 cm³/mol. The number of nitro benzene ring substituents is 1. The fourth-order valence-corrected chi connectivity index (χ4v) is 1.97. The number of aromatic nitrogens is 2. The van der Waals surface area contributed by atoms with E-state index in [0.717, 1.165) is 5.69 Å². The van der Waals surface area contributed by atoms with Gasteiger partial charge in [0.15, 0.2) is 5.76 Å². The van der Waals surface area contributed by atoms with Crippen LogP contribution in [0.5, 0.6) is 0 Å². The van der Waals surface area contributed by atoms with Crippen LogP contribution in [0.1, 0.15) is 5.76 Å². The number of nitrogens with one attached hydrogen (secondary N) is 1. The average Bonchev–Trinajstić information content (AvgIpc) is 2.97. The minimum atomic E-state index is -0.435. The van der Waals surface area contributed by atoms with Gasteiger partial charge in [0.1, 0.15) is 5.52 Å². The third kappa shape index (κ3) is 2.16. The summed E-state index contributed by atoms with van der Waals surface area (Å²) in [5.41, 5.74) is 1.11. The second-order valence-electron chi connectivity index (χ2n) is 4.12. The van der Waals surface area contributed by atoms with Crippen molar-refractivity contribution >= 4 is 22.3 Å². The third-order valence-corrected chi connectivity index (χ3v) is 2.89. The highest BCUT2D eigenvalue weighted by Crippen LogP contribution is 2.29. The van der Waals surface area contributed by atoms with Crippen molar-refractivity contribution in [3.8, 4) is 0 Å². The summed E-state index contributed by atoms with van der Waals surface area (Å²) >= 11 is 0. The van der Waals surface area contributed by atoms with Crippen LogP contribution in [0, 0.1) is 10.1 Å². The minimum absolute atomic E-state index is 0.00850. The molecule has 0 spiro atoms. The van der Waals surface area contributed by atoms with E-state index in [0.29, 0.717) is 23.2 Å².